The van der Waals surface area contributed by atoms with Gasteiger partial charge in [0.1, 0.15) is 5.75 Å². The van der Waals surface area contributed by atoms with Gasteiger partial charge in [-0.1, -0.05) is 11.6 Å². The molecule has 1 amide bonds. The Labute approximate surface area is 151 Å². The molecule has 0 radical (unpaired) electrons. The highest BCUT2D eigenvalue weighted by Gasteiger charge is 2.14. The average Bonchev–Trinajstić information content (AvgIpc) is 2.58. The van der Waals surface area contributed by atoms with Crippen LogP contribution in [-0.2, 0) is 4.74 Å². The number of aryl methyl sites for hydroxylation is 1. The number of benzene rings is 2. The molecule has 2 aromatic rings. The predicted octanol–water partition coefficient (Wildman–Crippen LogP) is 4.48. The summed E-state index contributed by atoms with van der Waals surface area (Å²) in [5, 5.41) is 3.03. The van der Waals surface area contributed by atoms with Gasteiger partial charge in [-0.05, 0) is 62.7 Å². The van der Waals surface area contributed by atoms with Crippen LogP contribution >= 0.6 is 11.6 Å². The van der Waals surface area contributed by atoms with Crippen LogP contribution in [0.5, 0.6) is 5.75 Å². The van der Waals surface area contributed by atoms with Gasteiger partial charge in [-0.15, -0.1) is 0 Å². The number of amides is 1. The molecule has 0 aliphatic heterocycles. The first-order valence-corrected chi connectivity index (χ1v) is 8.35. The average molecular weight is 362 g/mol. The van der Waals surface area contributed by atoms with Gasteiger partial charge in [0.15, 0.2) is 0 Å². The summed E-state index contributed by atoms with van der Waals surface area (Å²) in [6.45, 7) is 6.31. The topological polar surface area (TPSA) is 64.6 Å². The maximum absolute atomic E-state index is 12.4. The van der Waals surface area contributed by atoms with Crippen LogP contribution in [-0.4, -0.2) is 25.1 Å². The van der Waals surface area contributed by atoms with E-state index in [1.54, 1.807) is 37.3 Å². The second-order valence-corrected chi connectivity index (χ2v) is 5.69. The Morgan fingerprint density at radius 2 is 1.84 bits per heavy atom. The monoisotopic (exact) mass is 361 g/mol. The third-order valence-corrected chi connectivity index (χ3v) is 3.79. The van der Waals surface area contributed by atoms with Gasteiger partial charge in [0.25, 0.3) is 5.91 Å². The van der Waals surface area contributed by atoms with Crippen molar-refractivity contribution in [1.29, 1.82) is 0 Å². The number of ether oxygens (including phenoxy) is 2. The standard InChI is InChI=1S/C19H20ClNO4/c1-4-24-17-9-6-13(10-12(17)3)18(22)21-14-7-8-16(20)15(11-14)19(23)25-5-2/h6-11H,4-5H2,1-3H3,(H,21,22). The molecule has 132 valence electrons. The number of anilines is 1. The minimum absolute atomic E-state index is 0.212. The maximum atomic E-state index is 12.4. The lowest BCUT2D eigenvalue weighted by Crippen LogP contribution is -2.13. The normalized spacial score (nSPS) is 10.2. The van der Waals surface area contributed by atoms with Gasteiger partial charge in [0, 0.05) is 11.3 Å². The van der Waals surface area contributed by atoms with E-state index < -0.39 is 5.97 Å². The Bertz CT molecular complexity index is 789. The SMILES string of the molecule is CCOC(=O)c1cc(NC(=O)c2ccc(OCC)c(C)c2)ccc1Cl. The molecule has 6 heteroatoms. The fraction of sp³-hybridized carbons (Fsp3) is 0.263. The lowest BCUT2D eigenvalue weighted by atomic mass is 10.1. The molecule has 0 unspecified atom stereocenters. The number of esters is 1. The summed E-state index contributed by atoms with van der Waals surface area (Å²) in [6, 6.07) is 9.88. The van der Waals surface area contributed by atoms with E-state index in [9.17, 15) is 9.59 Å². The van der Waals surface area contributed by atoms with E-state index >= 15 is 0 Å². The smallest absolute Gasteiger partial charge is 0.339 e. The van der Waals surface area contributed by atoms with Crippen LogP contribution < -0.4 is 10.1 Å². The molecule has 0 aliphatic rings. The van der Waals surface area contributed by atoms with Crippen molar-refractivity contribution in [3.05, 3.63) is 58.1 Å². The molecule has 0 aliphatic carbocycles. The van der Waals surface area contributed by atoms with Gasteiger partial charge >= 0.3 is 5.97 Å². The van der Waals surface area contributed by atoms with E-state index in [1.165, 1.54) is 6.07 Å². The van der Waals surface area contributed by atoms with Crippen molar-refractivity contribution in [2.24, 2.45) is 0 Å². The van der Waals surface area contributed by atoms with E-state index in [-0.39, 0.29) is 23.1 Å². The van der Waals surface area contributed by atoms with Crippen molar-refractivity contribution in [3.63, 3.8) is 0 Å². The molecular weight excluding hydrogens is 342 g/mol. The Morgan fingerprint density at radius 3 is 2.48 bits per heavy atom. The van der Waals surface area contributed by atoms with Crippen LogP contribution in [0.3, 0.4) is 0 Å². The molecule has 0 saturated carbocycles. The van der Waals surface area contributed by atoms with Gasteiger partial charge in [0.2, 0.25) is 0 Å². The molecule has 25 heavy (non-hydrogen) atoms. The lowest BCUT2D eigenvalue weighted by molar-refractivity contribution is 0.0526. The first-order valence-electron chi connectivity index (χ1n) is 7.97. The molecule has 1 N–H and O–H groups in total. The van der Waals surface area contributed by atoms with E-state index in [2.05, 4.69) is 5.32 Å². The molecule has 2 rings (SSSR count). The van der Waals surface area contributed by atoms with Gasteiger partial charge in [0.05, 0.1) is 23.8 Å². The highest BCUT2D eigenvalue weighted by molar-refractivity contribution is 6.33. The Morgan fingerprint density at radius 1 is 1.08 bits per heavy atom. The fourth-order valence-electron chi connectivity index (χ4n) is 2.28. The fourth-order valence-corrected chi connectivity index (χ4v) is 2.47. The van der Waals surface area contributed by atoms with Crippen molar-refractivity contribution in [2.45, 2.75) is 20.8 Å². The zero-order valence-electron chi connectivity index (χ0n) is 14.4. The number of hydrogen-bond donors (Lipinski definition) is 1. The summed E-state index contributed by atoms with van der Waals surface area (Å²) < 4.78 is 10.4. The molecule has 0 heterocycles. The van der Waals surface area contributed by atoms with Gasteiger partial charge in [-0.2, -0.15) is 0 Å². The van der Waals surface area contributed by atoms with Crippen LogP contribution in [0, 0.1) is 6.92 Å². The summed E-state index contributed by atoms with van der Waals surface area (Å²) in [5.41, 5.74) is 2.04. The summed E-state index contributed by atoms with van der Waals surface area (Å²) in [7, 11) is 0. The first kappa shape index (κ1) is 18.8. The summed E-state index contributed by atoms with van der Waals surface area (Å²) in [6.07, 6.45) is 0. The number of rotatable bonds is 6. The highest BCUT2D eigenvalue weighted by Crippen LogP contribution is 2.23. The van der Waals surface area contributed by atoms with Crippen LogP contribution in [0.15, 0.2) is 36.4 Å². The van der Waals surface area contributed by atoms with Crippen molar-refractivity contribution in [3.8, 4) is 5.75 Å². The molecule has 0 fully saturated rings. The van der Waals surface area contributed by atoms with Crippen molar-refractivity contribution in [2.75, 3.05) is 18.5 Å². The van der Waals surface area contributed by atoms with Crippen LogP contribution in [0.4, 0.5) is 5.69 Å². The highest BCUT2D eigenvalue weighted by atomic mass is 35.5. The maximum Gasteiger partial charge on any atom is 0.339 e. The first-order chi connectivity index (χ1) is 12.0. The van der Waals surface area contributed by atoms with Crippen molar-refractivity contribution < 1.29 is 19.1 Å². The largest absolute Gasteiger partial charge is 0.494 e. The van der Waals surface area contributed by atoms with Crippen LogP contribution in [0.2, 0.25) is 5.02 Å². The van der Waals surface area contributed by atoms with Crippen LogP contribution in [0.1, 0.15) is 40.1 Å². The summed E-state index contributed by atoms with van der Waals surface area (Å²) in [4.78, 5) is 24.3. The number of carbonyl (C=O) groups is 2. The van der Waals surface area contributed by atoms with E-state index in [0.717, 1.165) is 11.3 Å². The number of hydrogen-bond acceptors (Lipinski definition) is 4. The number of nitrogens with one attached hydrogen (secondary N) is 1. The molecule has 0 bridgehead atoms. The minimum Gasteiger partial charge on any atom is -0.494 e. The Kier molecular flexibility index (Phi) is 6.42. The molecule has 5 nitrogen and oxygen atoms in total. The predicted molar refractivity (Wildman–Crippen MR) is 97.7 cm³/mol. The van der Waals surface area contributed by atoms with Gasteiger partial charge < -0.3 is 14.8 Å². The molecule has 0 spiro atoms. The molecule has 0 saturated heterocycles. The van der Waals surface area contributed by atoms with E-state index in [4.69, 9.17) is 21.1 Å². The quantitative estimate of drug-likeness (QED) is 0.770. The third kappa shape index (κ3) is 4.73. The number of carbonyl (C=O) groups excluding carboxylic acids is 2. The van der Waals surface area contributed by atoms with Crippen LogP contribution in [0.25, 0.3) is 0 Å². The van der Waals surface area contributed by atoms with Crippen molar-refractivity contribution in [1.82, 2.24) is 0 Å². The van der Waals surface area contributed by atoms with Crippen molar-refractivity contribution >= 4 is 29.2 Å². The molecule has 0 aromatic heterocycles. The van der Waals surface area contributed by atoms with E-state index in [1.807, 2.05) is 13.8 Å². The molecule has 0 atom stereocenters. The zero-order valence-corrected chi connectivity index (χ0v) is 15.1. The lowest BCUT2D eigenvalue weighted by Gasteiger charge is -2.11. The third-order valence-electron chi connectivity index (χ3n) is 3.46. The van der Waals surface area contributed by atoms with Gasteiger partial charge in [-0.25, -0.2) is 4.79 Å². The van der Waals surface area contributed by atoms with Gasteiger partial charge in [-0.3, -0.25) is 4.79 Å². The second kappa shape index (κ2) is 8.53. The molecule has 2 aromatic carbocycles. The Hall–Kier alpha value is -2.53. The minimum atomic E-state index is -0.527. The second-order valence-electron chi connectivity index (χ2n) is 5.28. The summed E-state index contributed by atoms with van der Waals surface area (Å²) >= 11 is 6.02. The molecular formula is C19H20ClNO4. The number of halogens is 1. The zero-order chi connectivity index (χ0) is 18.4. The summed E-state index contributed by atoms with van der Waals surface area (Å²) in [5.74, 6) is -0.0704. The Balaban J connectivity index is 2.19. The van der Waals surface area contributed by atoms with E-state index in [0.29, 0.717) is 17.9 Å².